The summed E-state index contributed by atoms with van der Waals surface area (Å²) in [6.07, 6.45) is -2.69. The topological polar surface area (TPSA) is 99.9 Å². The molecule has 7 nitrogen and oxygen atoms in total. The Morgan fingerprint density at radius 3 is 2.38 bits per heavy atom. The molecular weight excluding hydrogens is 332 g/mol. The fourth-order valence-electron chi connectivity index (χ4n) is 2.43. The fraction of sp³-hybridized carbons (Fsp3) is 0.250. The minimum Gasteiger partial charge on any atom is -0.398 e. The predicted octanol–water partition coefficient (Wildman–Crippen LogP) is 1.86. The molecule has 1 heterocycles. The third kappa shape index (κ3) is 3.58. The molecule has 0 bridgehead atoms. The number of benzene rings is 2. The van der Waals surface area contributed by atoms with Gasteiger partial charge in [-0.25, -0.2) is 4.18 Å². The van der Waals surface area contributed by atoms with Crippen molar-refractivity contribution in [2.75, 3.05) is 12.8 Å². The maximum Gasteiger partial charge on any atom is 0.338 e. The van der Waals surface area contributed by atoms with E-state index in [1.807, 2.05) is 30.3 Å². The average molecular weight is 350 g/mol. The summed E-state index contributed by atoms with van der Waals surface area (Å²) < 4.78 is 42.3. The van der Waals surface area contributed by atoms with Crippen molar-refractivity contribution in [3.63, 3.8) is 0 Å². The highest BCUT2D eigenvalue weighted by atomic mass is 32.2. The van der Waals surface area contributed by atoms with Gasteiger partial charge in [0, 0.05) is 23.9 Å². The lowest BCUT2D eigenvalue weighted by Crippen LogP contribution is -2.30. The summed E-state index contributed by atoms with van der Waals surface area (Å²) in [6.45, 7) is 0. The molecule has 0 saturated carbocycles. The zero-order valence-corrected chi connectivity index (χ0v) is 13.8. The highest BCUT2D eigenvalue weighted by molar-refractivity contribution is 7.84. The van der Waals surface area contributed by atoms with Gasteiger partial charge in [-0.3, -0.25) is 0 Å². The quantitative estimate of drug-likeness (QED) is 0.799. The van der Waals surface area contributed by atoms with Crippen molar-refractivity contribution < 1.29 is 22.1 Å². The fourth-order valence-corrected chi connectivity index (χ4v) is 2.92. The van der Waals surface area contributed by atoms with Gasteiger partial charge in [0.2, 0.25) is 6.29 Å². The zero-order valence-electron chi connectivity index (χ0n) is 13.0. The summed E-state index contributed by atoms with van der Waals surface area (Å²) in [4.78, 5) is 0. The largest absolute Gasteiger partial charge is 0.398 e. The molecule has 0 radical (unpaired) electrons. The first-order chi connectivity index (χ1) is 11.5. The van der Waals surface area contributed by atoms with Crippen LogP contribution >= 0.6 is 0 Å². The molecule has 3 N–H and O–H groups in total. The summed E-state index contributed by atoms with van der Waals surface area (Å²) in [5, 5.41) is 0. The highest BCUT2D eigenvalue weighted by Crippen LogP contribution is 2.42. The molecule has 3 rings (SSSR count). The van der Waals surface area contributed by atoms with Crippen LogP contribution in [0, 0.1) is 0 Å². The maximum atomic E-state index is 11.8. The van der Waals surface area contributed by atoms with Gasteiger partial charge in [0.05, 0.1) is 0 Å². The van der Waals surface area contributed by atoms with Crippen molar-refractivity contribution in [1.82, 2.24) is 4.72 Å². The van der Waals surface area contributed by atoms with Gasteiger partial charge in [0.1, 0.15) is 6.10 Å². The van der Waals surface area contributed by atoms with Gasteiger partial charge in [-0.2, -0.15) is 13.1 Å². The van der Waals surface area contributed by atoms with Gasteiger partial charge in [-0.05, 0) is 6.07 Å². The summed E-state index contributed by atoms with van der Waals surface area (Å²) >= 11 is 0. The second-order valence-corrected chi connectivity index (χ2v) is 6.70. The first-order valence-corrected chi connectivity index (χ1v) is 8.73. The van der Waals surface area contributed by atoms with E-state index in [4.69, 9.17) is 19.4 Å². The smallest absolute Gasteiger partial charge is 0.338 e. The zero-order chi connectivity index (χ0) is 17.2. The lowest BCUT2D eigenvalue weighted by atomic mass is 10.1. The van der Waals surface area contributed by atoms with Crippen LogP contribution in [0.1, 0.15) is 23.5 Å². The van der Waals surface area contributed by atoms with Gasteiger partial charge in [0.25, 0.3) is 0 Å². The Hall–Kier alpha value is -1.97. The molecule has 3 atom stereocenters. The van der Waals surface area contributed by atoms with Crippen LogP contribution in [-0.4, -0.2) is 21.8 Å². The van der Waals surface area contributed by atoms with Crippen LogP contribution in [0.25, 0.3) is 0 Å². The molecule has 0 spiro atoms. The van der Waals surface area contributed by atoms with Gasteiger partial charge < -0.3 is 15.2 Å². The van der Waals surface area contributed by atoms with Crippen molar-refractivity contribution in [1.29, 1.82) is 0 Å². The van der Waals surface area contributed by atoms with E-state index in [0.717, 1.165) is 5.56 Å². The number of rotatable bonds is 5. The van der Waals surface area contributed by atoms with Crippen LogP contribution in [-0.2, 0) is 24.0 Å². The molecule has 2 aromatic carbocycles. The Morgan fingerprint density at radius 2 is 1.71 bits per heavy atom. The molecule has 8 heteroatoms. The standard InChI is InChI=1S/C16H18N2O5S/c1-18-24(19,20)23-16-14(12-9-5-6-10-13(12)17)21-15(22-16)11-7-3-2-4-8-11/h2-10,14-16,18H,17H2,1H3. The van der Waals surface area contributed by atoms with Crippen LogP contribution in [0.15, 0.2) is 54.6 Å². The molecule has 0 aliphatic carbocycles. The lowest BCUT2D eigenvalue weighted by molar-refractivity contribution is -0.104. The monoisotopic (exact) mass is 350 g/mol. The summed E-state index contributed by atoms with van der Waals surface area (Å²) in [5.74, 6) is 0. The second kappa shape index (κ2) is 6.88. The van der Waals surface area contributed by atoms with E-state index in [1.165, 1.54) is 7.05 Å². The Kier molecular flexibility index (Phi) is 4.83. The van der Waals surface area contributed by atoms with Crippen molar-refractivity contribution in [3.8, 4) is 0 Å². The van der Waals surface area contributed by atoms with E-state index in [1.54, 1.807) is 24.3 Å². The van der Waals surface area contributed by atoms with Crippen molar-refractivity contribution in [2.24, 2.45) is 0 Å². The van der Waals surface area contributed by atoms with E-state index < -0.39 is 29.0 Å². The predicted molar refractivity (Wildman–Crippen MR) is 87.8 cm³/mol. The minimum atomic E-state index is -3.96. The Balaban J connectivity index is 1.92. The SMILES string of the molecule is CNS(=O)(=O)OC1OC(c2ccccc2)OC1c1ccccc1N. The number of nitrogen functional groups attached to an aromatic ring is 1. The third-order valence-corrected chi connectivity index (χ3v) is 4.56. The number of para-hydroxylation sites is 1. The van der Waals surface area contributed by atoms with Crippen LogP contribution in [0.4, 0.5) is 5.69 Å². The van der Waals surface area contributed by atoms with E-state index in [0.29, 0.717) is 11.3 Å². The molecular formula is C16H18N2O5S. The van der Waals surface area contributed by atoms with E-state index in [-0.39, 0.29) is 0 Å². The number of hydrogen-bond donors (Lipinski definition) is 2. The highest BCUT2D eigenvalue weighted by Gasteiger charge is 2.42. The summed E-state index contributed by atoms with van der Waals surface area (Å²) in [5.41, 5.74) is 7.81. The third-order valence-electron chi connectivity index (χ3n) is 3.62. The molecule has 1 fully saturated rings. The van der Waals surface area contributed by atoms with Gasteiger partial charge >= 0.3 is 10.3 Å². The number of ether oxygens (including phenoxy) is 2. The minimum absolute atomic E-state index is 0.468. The number of nitrogens with two attached hydrogens (primary N) is 1. The van der Waals surface area contributed by atoms with Crippen LogP contribution in [0.5, 0.6) is 0 Å². The molecule has 1 saturated heterocycles. The molecule has 3 unspecified atom stereocenters. The summed E-state index contributed by atoms with van der Waals surface area (Å²) in [7, 11) is -2.70. The van der Waals surface area contributed by atoms with Crippen molar-refractivity contribution in [2.45, 2.75) is 18.7 Å². The molecule has 128 valence electrons. The Morgan fingerprint density at radius 1 is 1.04 bits per heavy atom. The summed E-state index contributed by atoms with van der Waals surface area (Å²) in [6, 6.07) is 16.2. The number of anilines is 1. The first kappa shape index (κ1) is 16.9. The molecule has 0 amide bonds. The first-order valence-electron chi connectivity index (χ1n) is 7.32. The van der Waals surface area contributed by atoms with Gasteiger partial charge in [-0.1, -0.05) is 48.5 Å². The van der Waals surface area contributed by atoms with Gasteiger partial charge in [-0.15, -0.1) is 0 Å². The Labute approximate surface area is 140 Å². The van der Waals surface area contributed by atoms with E-state index in [9.17, 15) is 8.42 Å². The van der Waals surface area contributed by atoms with Gasteiger partial charge in [0.15, 0.2) is 6.29 Å². The normalized spacial score (nSPS) is 24.1. The van der Waals surface area contributed by atoms with Crippen LogP contribution < -0.4 is 10.5 Å². The lowest BCUT2D eigenvalue weighted by Gasteiger charge is -2.18. The van der Waals surface area contributed by atoms with Crippen LogP contribution in [0.2, 0.25) is 0 Å². The van der Waals surface area contributed by atoms with Crippen molar-refractivity contribution >= 4 is 16.0 Å². The number of nitrogens with one attached hydrogen (secondary N) is 1. The average Bonchev–Trinajstić information content (AvgIpc) is 2.99. The molecule has 24 heavy (non-hydrogen) atoms. The molecule has 0 aromatic heterocycles. The molecule has 1 aliphatic rings. The second-order valence-electron chi connectivity index (χ2n) is 5.19. The maximum absolute atomic E-state index is 11.8. The molecule has 2 aromatic rings. The van der Waals surface area contributed by atoms with E-state index >= 15 is 0 Å². The Bertz CT molecular complexity index is 797. The number of hydrogen-bond acceptors (Lipinski definition) is 6. The van der Waals surface area contributed by atoms with Crippen molar-refractivity contribution in [3.05, 3.63) is 65.7 Å². The van der Waals surface area contributed by atoms with Crippen LogP contribution in [0.3, 0.4) is 0 Å². The van der Waals surface area contributed by atoms with E-state index in [2.05, 4.69) is 4.72 Å². The molecule has 1 aliphatic heterocycles.